The average molecular weight is 283 g/mol. The molecule has 0 atom stereocenters. The second-order valence-electron chi connectivity index (χ2n) is 5.00. The van der Waals surface area contributed by atoms with E-state index in [2.05, 4.69) is 25.2 Å². The Bertz CT molecular complexity index is 610. The Hall–Kier alpha value is -2.50. The van der Waals surface area contributed by atoms with Gasteiger partial charge >= 0.3 is 0 Å². The highest BCUT2D eigenvalue weighted by atomic mass is 16.1. The Morgan fingerprint density at radius 2 is 1.86 bits per heavy atom. The molecule has 3 rings (SSSR count). The third kappa shape index (κ3) is 3.34. The van der Waals surface area contributed by atoms with Crippen LogP contribution < -0.4 is 10.2 Å². The van der Waals surface area contributed by atoms with Crippen LogP contribution in [0.3, 0.4) is 0 Å². The number of nitrogens with zero attached hydrogens (tertiary/aromatic N) is 4. The Labute approximate surface area is 123 Å². The SMILES string of the molecule is O=C(Nc1cc(N2CCCCC2)ncn1)c1ccncc1. The molecule has 1 aliphatic heterocycles. The maximum Gasteiger partial charge on any atom is 0.256 e. The van der Waals surface area contributed by atoms with Crippen molar-refractivity contribution >= 4 is 17.5 Å². The molecule has 1 fully saturated rings. The van der Waals surface area contributed by atoms with Crippen LogP contribution >= 0.6 is 0 Å². The lowest BCUT2D eigenvalue weighted by Gasteiger charge is -2.27. The fourth-order valence-electron chi connectivity index (χ4n) is 2.40. The molecule has 2 aromatic rings. The van der Waals surface area contributed by atoms with Crippen molar-refractivity contribution in [1.82, 2.24) is 15.0 Å². The Morgan fingerprint density at radius 1 is 1.10 bits per heavy atom. The van der Waals surface area contributed by atoms with Gasteiger partial charge in [0.2, 0.25) is 0 Å². The number of hydrogen-bond acceptors (Lipinski definition) is 5. The van der Waals surface area contributed by atoms with Crippen molar-refractivity contribution in [3.63, 3.8) is 0 Å². The molecule has 6 heteroatoms. The van der Waals surface area contributed by atoms with Crippen LogP contribution in [0.15, 0.2) is 36.9 Å². The summed E-state index contributed by atoms with van der Waals surface area (Å²) in [5.41, 5.74) is 0.558. The van der Waals surface area contributed by atoms with Gasteiger partial charge < -0.3 is 10.2 Å². The fraction of sp³-hybridized carbons (Fsp3) is 0.333. The molecule has 0 spiro atoms. The van der Waals surface area contributed by atoms with Crippen molar-refractivity contribution in [1.29, 1.82) is 0 Å². The van der Waals surface area contributed by atoms with Gasteiger partial charge in [-0.1, -0.05) is 0 Å². The molecule has 0 bridgehead atoms. The van der Waals surface area contributed by atoms with E-state index in [1.165, 1.54) is 25.6 Å². The zero-order chi connectivity index (χ0) is 14.5. The van der Waals surface area contributed by atoms with Crippen LogP contribution in [-0.4, -0.2) is 33.9 Å². The molecule has 1 saturated heterocycles. The van der Waals surface area contributed by atoms with E-state index in [0.29, 0.717) is 11.4 Å². The first kappa shape index (κ1) is 13.5. The molecule has 2 aromatic heterocycles. The predicted molar refractivity (Wildman–Crippen MR) is 80.3 cm³/mol. The molecule has 0 aromatic carbocycles. The zero-order valence-electron chi connectivity index (χ0n) is 11.7. The van der Waals surface area contributed by atoms with Crippen molar-refractivity contribution in [3.8, 4) is 0 Å². The molecule has 1 amide bonds. The number of anilines is 2. The van der Waals surface area contributed by atoms with Crippen LogP contribution in [0.25, 0.3) is 0 Å². The zero-order valence-corrected chi connectivity index (χ0v) is 11.7. The summed E-state index contributed by atoms with van der Waals surface area (Å²) < 4.78 is 0. The first-order chi connectivity index (χ1) is 10.3. The smallest absolute Gasteiger partial charge is 0.256 e. The Kier molecular flexibility index (Phi) is 4.04. The molecular formula is C15H17N5O. The van der Waals surface area contributed by atoms with Gasteiger partial charge in [0, 0.05) is 37.1 Å². The van der Waals surface area contributed by atoms with Gasteiger partial charge in [-0.3, -0.25) is 9.78 Å². The summed E-state index contributed by atoms with van der Waals surface area (Å²) in [5, 5.41) is 2.79. The van der Waals surface area contributed by atoms with E-state index in [0.717, 1.165) is 18.9 Å². The molecule has 108 valence electrons. The van der Waals surface area contributed by atoms with Gasteiger partial charge in [0.25, 0.3) is 5.91 Å². The quantitative estimate of drug-likeness (QED) is 0.934. The minimum atomic E-state index is -0.194. The van der Waals surface area contributed by atoms with Crippen LogP contribution in [0.2, 0.25) is 0 Å². The van der Waals surface area contributed by atoms with E-state index in [9.17, 15) is 4.79 Å². The summed E-state index contributed by atoms with van der Waals surface area (Å²) in [4.78, 5) is 26.6. The van der Waals surface area contributed by atoms with E-state index in [4.69, 9.17) is 0 Å². The van der Waals surface area contributed by atoms with Gasteiger partial charge in [-0.05, 0) is 31.4 Å². The second kappa shape index (κ2) is 6.30. The van der Waals surface area contributed by atoms with E-state index < -0.39 is 0 Å². The number of rotatable bonds is 3. The minimum Gasteiger partial charge on any atom is -0.356 e. The second-order valence-corrected chi connectivity index (χ2v) is 5.00. The highest BCUT2D eigenvalue weighted by Crippen LogP contribution is 2.19. The minimum absolute atomic E-state index is 0.194. The molecular weight excluding hydrogens is 266 g/mol. The molecule has 3 heterocycles. The number of pyridine rings is 1. The van der Waals surface area contributed by atoms with Crippen LogP contribution in [0.1, 0.15) is 29.6 Å². The molecule has 0 aliphatic carbocycles. The van der Waals surface area contributed by atoms with E-state index in [1.807, 2.05) is 6.07 Å². The molecule has 0 unspecified atom stereocenters. The summed E-state index contributed by atoms with van der Waals surface area (Å²) in [6, 6.07) is 5.16. The van der Waals surface area contributed by atoms with Gasteiger partial charge in [0.1, 0.15) is 18.0 Å². The Balaban J connectivity index is 1.72. The number of carbonyl (C=O) groups is 1. The molecule has 0 saturated carbocycles. The maximum absolute atomic E-state index is 12.1. The lowest BCUT2D eigenvalue weighted by Crippen LogP contribution is -2.30. The van der Waals surface area contributed by atoms with Crippen molar-refractivity contribution < 1.29 is 4.79 Å². The average Bonchev–Trinajstić information content (AvgIpc) is 2.57. The van der Waals surface area contributed by atoms with Crippen LogP contribution in [0, 0.1) is 0 Å². The van der Waals surface area contributed by atoms with Gasteiger partial charge in [-0.2, -0.15) is 0 Å². The Morgan fingerprint density at radius 3 is 2.62 bits per heavy atom. The van der Waals surface area contributed by atoms with Crippen LogP contribution in [0.5, 0.6) is 0 Å². The summed E-state index contributed by atoms with van der Waals surface area (Å²) in [6.45, 7) is 2.02. The third-order valence-electron chi connectivity index (χ3n) is 3.52. The van der Waals surface area contributed by atoms with Crippen molar-refractivity contribution in [2.45, 2.75) is 19.3 Å². The van der Waals surface area contributed by atoms with E-state index in [-0.39, 0.29) is 5.91 Å². The number of aromatic nitrogens is 3. The predicted octanol–water partition coefficient (Wildman–Crippen LogP) is 2.11. The monoisotopic (exact) mass is 283 g/mol. The van der Waals surface area contributed by atoms with E-state index in [1.54, 1.807) is 24.5 Å². The normalized spacial score (nSPS) is 14.8. The molecule has 1 aliphatic rings. The summed E-state index contributed by atoms with van der Waals surface area (Å²) >= 11 is 0. The number of carbonyl (C=O) groups excluding carboxylic acids is 1. The van der Waals surface area contributed by atoms with Crippen LogP contribution in [-0.2, 0) is 0 Å². The third-order valence-corrected chi connectivity index (χ3v) is 3.52. The van der Waals surface area contributed by atoms with Gasteiger partial charge in [-0.25, -0.2) is 9.97 Å². The summed E-state index contributed by atoms with van der Waals surface area (Å²) in [7, 11) is 0. The number of nitrogens with one attached hydrogen (secondary N) is 1. The first-order valence-electron chi connectivity index (χ1n) is 7.11. The summed E-state index contributed by atoms with van der Waals surface area (Å²) in [6.07, 6.45) is 8.31. The summed E-state index contributed by atoms with van der Waals surface area (Å²) in [5.74, 6) is 1.20. The van der Waals surface area contributed by atoms with E-state index >= 15 is 0 Å². The lowest BCUT2D eigenvalue weighted by atomic mass is 10.1. The van der Waals surface area contributed by atoms with Crippen molar-refractivity contribution in [2.24, 2.45) is 0 Å². The lowest BCUT2D eigenvalue weighted by molar-refractivity contribution is 0.102. The maximum atomic E-state index is 12.1. The number of piperidine rings is 1. The van der Waals surface area contributed by atoms with Gasteiger partial charge in [0.05, 0.1) is 0 Å². The van der Waals surface area contributed by atoms with Gasteiger partial charge in [-0.15, -0.1) is 0 Å². The number of amides is 1. The molecule has 0 radical (unpaired) electrons. The largest absolute Gasteiger partial charge is 0.356 e. The highest BCUT2D eigenvalue weighted by molar-refractivity contribution is 6.03. The number of hydrogen-bond donors (Lipinski definition) is 1. The van der Waals surface area contributed by atoms with Crippen molar-refractivity contribution in [2.75, 3.05) is 23.3 Å². The molecule has 6 nitrogen and oxygen atoms in total. The topological polar surface area (TPSA) is 71.0 Å². The fourth-order valence-corrected chi connectivity index (χ4v) is 2.40. The standard InChI is InChI=1S/C15H17N5O/c21-15(12-4-6-16-7-5-12)19-13-10-14(18-11-17-13)20-8-2-1-3-9-20/h4-7,10-11H,1-3,8-9H2,(H,17,18,19,21). The van der Waals surface area contributed by atoms with Gasteiger partial charge in [0.15, 0.2) is 0 Å². The van der Waals surface area contributed by atoms with Crippen molar-refractivity contribution in [3.05, 3.63) is 42.5 Å². The first-order valence-corrected chi connectivity index (χ1v) is 7.11. The molecule has 1 N–H and O–H groups in total. The van der Waals surface area contributed by atoms with Crippen LogP contribution in [0.4, 0.5) is 11.6 Å². The molecule has 21 heavy (non-hydrogen) atoms. The highest BCUT2D eigenvalue weighted by Gasteiger charge is 2.13.